The van der Waals surface area contributed by atoms with Gasteiger partial charge in [-0.1, -0.05) is 6.92 Å². The smallest absolute Gasteiger partial charge is 0.412 e. The predicted octanol–water partition coefficient (Wildman–Crippen LogP) is 0.824. The van der Waals surface area contributed by atoms with E-state index in [9.17, 15) is 19.7 Å². The van der Waals surface area contributed by atoms with E-state index in [4.69, 9.17) is 10.5 Å². The van der Waals surface area contributed by atoms with Gasteiger partial charge >= 0.3 is 11.8 Å². The molecule has 1 amide bonds. The highest BCUT2D eigenvalue weighted by Crippen LogP contribution is 2.15. The molecule has 0 spiro atoms. The minimum Gasteiger partial charge on any atom is -0.449 e. The van der Waals surface area contributed by atoms with Gasteiger partial charge in [0.05, 0.1) is 11.5 Å². The van der Waals surface area contributed by atoms with Gasteiger partial charge in [0.2, 0.25) is 0 Å². The van der Waals surface area contributed by atoms with E-state index in [2.05, 4.69) is 10.3 Å². The van der Waals surface area contributed by atoms with Crippen LogP contribution in [0.2, 0.25) is 0 Å². The van der Waals surface area contributed by atoms with E-state index in [0.29, 0.717) is 6.42 Å². The van der Waals surface area contributed by atoms with E-state index in [-0.39, 0.29) is 12.4 Å². The second-order valence-electron chi connectivity index (χ2n) is 3.33. The lowest BCUT2D eigenvalue weighted by Crippen LogP contribution is -2.19. The van der Waals surface area contributed by atoms with E-state index in [0.717, 1.165) is 6.07 Å². The van der Waals surface area contributed by atoms with Crippen LogP contribution >= 0.6 is 0 Å². The highest BCUT2D eigenvalue weighted by atomic mass is 16.6. The summed E-state index contributed by atoms with van der Waals surface area (Å²) >= 11 is 0. The second-order valence-corrected chi connectivity index (χ2v) is 3.33. The molecule has 0 aliphatic carbocycles. The number of carbonyl (C=O) groups is 1. The Morgan fingerprint density at radius 2 is 2.33 bits per heavy atom. The molecule has 0 aliphatic heterocycles. The molecule has 18 heavy (non-hydrogen) atoms. The molecule has 4 N–H and O–H groups in total. The van der Waals surface area contributed by atoms with Crippen molar-refractivity contribution < 1.29 is 14.5 Å². The standard InChI is InChI=1S/C9H12N4O5/c1-2-3-18-9(15)12-6-4-5(14)7(13(16)17)8(10)11-6/h4H,2-3H2,1H3,(H4,10,11,12,14,15). The molecule has 0 fully saturated rings. The average molecular weight is 256 g/mol. The van der Waals surface area contributed by atoms with Crippen LogP contribution in [-0.4, -0.2) is 22.6 Å². The molecular formula is C9H12N4O5. The summed E-state index contributed by atoms with van der Waals surface area (Å²) in [6, 6.07) is 0.863. The summed E-state index contributed by atoms with van der Waals surface area (Å²) in [5, 5.41) is 12.7. The maximum absolute atomic E-state index is 11.4. The average Bonchev–Trinajstić information content (AvgIpc) is 2.24. The predicted molar refractivity (Wildman–Crippen MR) is 63.4 cm³/mol. The monoisotopic (exact) mass is 256 g/mol. The first-order valence-electron chi connectivity index (χ1n) is 5.06. The number of nitrogens with two attached hydrogens (primary N) is 1. The molecule has 0 aliphatic rings. The van der Waals surface area contributed by atoms with E-state index < -0.39 is 28.0 Å². The lowest BCUT2D eigenvalue weighted by Gasteiger charge is -2.06. The molecule has 0 aromatic carbocycles. The van der Waals surface area contributed by atoms with Crippen molar-refractivity contribution in [3.8, 4) is 0 Å². The number of hydrogen-bond donors (Lipinski definition) is 3. The van der Waals surface area contributed by atoms with Gasteiger partial charge in [-0.15, -0.1) is 0 Å². The lowest BCUT2D eigenvalue weighted by molar-refractivity contribution is -0.385. The molecular weight excluding hydrogens is 244 g/mol. The maximum Gasteiger partial charge on any atom is 0.412 e. The van der Waals surface area contributed by atoms with E-state index >= 15 is 0 Å². The molecule has 0 bridgehead atoms. The zero-order valence-corrected chi connectivity index (χ0v) is 9.56. The number of H-pyrrole nitrogens is 1. The molecule has 1 heterocycles. The number of nitrogens with zero attached hydrogens (tertiary/aromatic N) is 1. The Kier molecular flexibility index (Phi) is 4.24. The summed E-state index contributed by atoms with van der Waals surface area (Å²) in [6.07, 6.45) is -0.132. The fourth-order valence-electron chi connectivity index (χ4n) is 1.17. The summed E-state index contributed by atoms with van der Waals surface area (Å²) in [4.78, 5) is 34.5. The number of hydrogen-bond acceptors (Lipinski definition) is 6. The molecule has 98 valence electrons. The summed E-state index contributed by atoms with van der Waals surface area (Å²) in [6.45, 7) is 2.04. The first-order chi connectivity index (χ1) is 8.45. The highest BCUT2D eigenvalue weighted by molar-refractivity contribution is 5.83. The number of aromatic amines is 1. The van der Waals surface area contributed by atoms with Crippen LogP contribution in [0.4, 0.5) is 22.1 Å². The van der Waals surface area contributed by atoms with Crippen LogP contribution < -0.4 is 16.5 Å². The third-order valence-electron chi connectivity index (χ3n) is 1.89. The number of nitrogen functional groups attached to an aromatic ring is 1. The summed E-state index contributed by atoms with van der Waals surface area (Å²) < 4.78 is 4.71. The third kappa shape index (κ3) is 3.20. The SMILES string of the molecule is CCCOC(=O)Nc1cc(=O)c([N+](=O)[O-])c(N)[nH]1. The van der Waals surface area contributed by atoms with Gasteiger partial charge in [0.1, 0.15) is 5.82 Å². The number of amides is 1. The number of anilines is 2. The minimum atomic E-state index is -0.901. The molecule has 0 saturated heterocycles. The third-order valence-corrected chi connectivity index (χ3v) is 1.89. The van der Waals surface area contributed by atoms with Gasteiger partial charge in [0.15, 0.2) is 5.82 Å². The summed E-state index contributed by atoms with van der Waals surface area (Å²) in [5.41, 5.74) is 3.65. The number of pyridine rings is 1. The Balaban J connectivity index is 2.90. The van der Waals surface area contributed by atoms with Gasteiger partial charge in [-0.05, 0) is 6.42 Å². The number of nitrogens with one attached hydrogen (secondary N) is 2. The molecule has 1 rings (SSSR count). The Morgan fingerprint density at radius 1 is 1.67 bits per heavy atom. The quantitative estimate of drug-likeness (QED) is 0.538. The lowest BCUT2D eigenvalue weighted by atomic mass is 10.3. The van der Waals surface area contributed by atoms with Gasteiger partial charge in [0.25, 0.3) is 5.43 Å². The molecule has 1 aromatic rings. The highest BCUT2D eigenvalue weighted by Gasteiger charge is 2.19. The Morgan fingerprint density at radius 3 is 2.83 bits per heavy atom. The van der Waals surface area contributed by atoms with Crippen LogP contribution in [0.25, 0.3) is 0 Å². The van der Waals surface area contributed by atoms with E-state index in [1.807, 2.05) is 6.92 Å². The van der Waals surface area contributed by atoms with Gasteiger partial charge in [-0.2, -0.15) is 0 Å². The van der Waals surface area contributed by atoms with Gasteiger partial charge in [0, 0.05) is 6.07 Å². The van der Waals surface area contributed by atoms with Crippen LogP contribution in [0.1, 0.15) is 13.3 Å². The number of carbonyl (C=O) groups excluding carboxylic acids is 1. The van der Waals surface area contributed by atoms with Gasteiger partial charge < -0.3 is 15.5 Å². The number of rotatable bonds is 4. The molecule has 0 atom stereocenters. The molecule has 1 aromatic heterocycles. The van der Waals surface area contributed by atoms with E-state index in [1.54, 1.807) is 0 Å². The van der Waals surface area contributed by atoms with E-state index in [1.165, 1.54) is 0 Å². The number of aromatic nitrogens is 1. The van der Waals surface area contributed by atoms with Crippen molar-refractivity contribution in [1.82, 2.24) is 4.98 Å². The summed E-state index contributed by atoms with van der Waals surface area (Å²) in [7, 11) is 0. The molecule has 9 nitrogen and oxygen atoms in total. The van der Waals surface area contributed by atoms with Crippen molar-refractivity contribution in [3.05, 3.63) is 26.4 Å². The van der Waals surface area contributed by atoms with Gasteiger partial charge in [-0.25, -0.2) is 4.79 Å². The van der Waals surface area contributed by atoms with Crippen LogP contribution in [0.5, 0.6) is 0 Å². The maximum atomic E-state index is 11.4. The van der Waals surface area contributed by atoms with Crippen molar-refractivity contribution in [3.63, 3.8) is 0 Å². The van der Waals surface area contributed by atoms with Crippen LogP contribution in [0.3, 0.4) is 0 Å². The minimum absolute atomic E-state index is 0.0656. The second kappa shape index (κ2) is 5.66. The normalized spacial score (nSPS) is 9.83. The molecule has 9 heteroatoms. The van der Waals surface area contributed by atoms with Crippen LogP contribution in [0.15, 0.2) is 10.9 Å². The fourth-order valence-corrected chi connectivity index (χ4v) is 1.17. The Labute approximate surface area is 101 Å². The van der Waals surface area contributed by atoms with Gasteiger partial charge in [-0.3, -0.25) is 20.2 Å². The fraction of sp³-hybridized carbons (Fsp3) is 0.333. The zero-order chi connectivity index (χ0) is 13.7. The van der Waals surface area contributed by atoms with Crippen LogP contribution in [0, 0.1) is 10.1 Å². The first kappa shape index (κ1) is 13.5. The zero-order valence-electron chi connectivity index (χ0n) is 9.56. The number of ether oxygens (including phenoxy) is 1. The molecule has 0 saturated carbocycles. The molecule has 0 unspecified atom stereocenters. The van der Waals surface area contributed by atoms with Crippen LogP contribution in [-0.2, 0) is 4.74 Å². The van der Waals surface area contributed by atoms with Crippen molar-refractivity contribution in [1.29, 1.82) is 0 Å². The largest absolute Gasteiger partial charge is 0.449 e. The number of nitro groups is 1. The van der Waals surface area contributed by atoms with Crippen molar-refractivity contribution in [2.75, 3.05) is 17.7 Å². The van der Waals surface area contributed by atoms with Crippen molar-refractivity contribution in [2.24, 2.45) is 0 Å². The Hall–Kier alpha value is -2.58. The molecule has 0 radical (unpaired) electrons. The van der Waals surface area contributed by atoms with Crippen molar-refractivity contribution >= 4 is 23.4 Å². The summed E-state index contributed by atoms with van der Waals surface area (Å²) in [5.74, 6) is -0.498. The Bertz CT molecular complexity index is 524. The van der Waals surface area contributed by atoms with Crippen molar-refractivity contribution in [2.45, 2.75) is 13.3 Å². The topological polar surface area (TPSA) is 140 Å². The first-order valence-corrected chi connectivity index (χ1v) is 5.06.